The molecule has 0 bridgehead atoms. The highest BCUT2D eigenvalue weighted by Gasteiger charge is 2.29. The van der Waals surface area contributed by atoms with Crippen molar-refractivity contribution < 1.29 is 19.1 Å². The van der Waals surface area contributed by atoms with Crippen molar-refractivity contribution in [2.75, 3.05) is 31.3 Å². The lowest BCUT2D eigenvalue weighted by atomic mass is 9.98. The van der Waals surface area contributed by atoms with Crippen molar-refractivity contribution in [1.29, 1.82) is 0 Å². The molecule has 4 rings (SSSR count). The third-order valence-corrected chi connectivity index (χ3v) is 5.89. The number of fused-ring (bicyclic) bond motifs is 1. The van der Waals surface area contributed by atoms with Gasteiger partial charge in [-0.1, -0.05) is 36.4 Å². The number of nitrogens with zero attached hydrogens (tertiary/aromatic N) is 1. The van der Waals surface area contributed by atoms with Crippen LogP contribution in [0.2, 0.25) is 0 Å². The summed E-state index contributed by atoms with van der Waals surface area (Å²) in [6.45, 7) is 0.913. The first-order chi connectivity index (χ1) is 16.8. The van der Waals surface area contributed by atoms with Gasteiger partial charge in [-0.25, -0.2) is 4.39 Å². The highest BCUT2D eigenvalue weighted by Crippen LogP contribution is 2.38. The van der Waals surface area contributed by atoms with Gasteiger partial charge < -0.3 is 20.6 Å². The van der Waals surface area contributed by atoms with E-state index >= 15 is 0 Å². The van der Waals surface area contributed by atoms with Crippen molar-refractivity contribution in [3.05, 3.63) is 94.8 Å². The Labute approximate surface area is 204 Å². The number of carbonyl (C=O) groups excluding carboxylic acids is 1. The van der Waals surface area contributed by atoms with Crippen molar-refractivity contribution >= 4 is 34.5 Å². The standard InChI is InChI=1S/C28H28FN3O3/c1-32(2)15-14-19-4-3-5-22(16-19)30-27(20-9-6-18(7-10-20)8-13-25(33)34)26-23-12-11-21(29)17-24(23)31-28(26)35/h3-7,9-12,16-17,30H,8,13-15H2,1-2H3,(H,31,35)(H,33,34)/b27-26-. The van der Waals surface area contributed by atoms with Gasteiger partial charge in [0.15, 0.2) is 0 Å². The zero-order valence-electron chi connectivity index (χ0n) is 19.8. The first-order valence-corrected chi connectivity index (χ1v) is 11.5. The van der Waals surface area contributed by atoms with Gasteiger partial charge in [-0.05, 0) is 74.0 Å². The lowest BCUT2D eigenvalue weighted by Gasteiger charge is -2.16. The molecular formula is C28H28FN3O3. The van der Waals surface area contributed by atoms with E-state index in [9.17, 15) is 14.0 Å². The number of carboxylic acid groups (broad SMARTS) is 1. The molecule has 3 N–H and O–H groups in total. The lowest BCUT2D eigenvalue weighted by molar-refractivity contribution is -0.137. The molecule has 0 spiro atoms. The maximum atomic E-state index is 13.8. The fraction of sp³-hybridized carbons (Fsp3) is 0.214. The van der Waals surface area contributed by atoms with Crippen LogP contribution in [0, 0.1) is 5.82 Å². The Morgan fingerprint density at radius 3 is 2.49 bits per heavy atom. The molecule has 0 aromatic heterocycles. The van der Waals surface area contributed by atoms with Crippen LogP contribution >= 0.6 is 0 Å². The number of aryl methyl sites for hydroxylation is 1. The fourth-order valence-corrected chi connectivity index (χ4v) is 4.06. The Morgan fingerprint density at radius 2 is 1.77 bits per heavy atom. The molecule has 35 heavy (non-hydrogen) atoms. The molecule has 3 aromatic rings. The van der Waals surface area contributed by atoms with E-state index in [1.165, 1.54) is 12.1 Å². The third-order valence-electron chi connectivity index (χ3n) is 5.89. The Hall–Kier alpha value is -3.97. The second kappa shape index (κ2) is 10.5. The van der Waals surface area contributed by atoms with Gasteiger partial charge in [0.2, 0.25) is 0 Å². The number of amides is 1. The Kier molecular flexibility index (Phi) is 7.27. The van der Waals surface area contributed by atoms with Gasteiger partial charge >= 0.3 is 5.97 Å². The highest BCUT2D eigenvalue weighted by atomic mass is 19.1. The smallest absolute Gasteiger partial charge is 0.303 e. The molecule has 7 heteroatoms. The second-order valence-electron chi connectivity index (χ2n) is 8.86. The van der Waals surface area contributed by atoms with Crippen molar-refractivity contribution in [3.8, 4) is 0 Å². The minimum Gasteiger partial charge on any atom is -0.481 e. The molecular weight excluding hydrogens is 445 g/mol. The molecule has 3 aromatic carbocycles. The van der Waals surface area contributed by atoms with Crippen LogP contribution in [0.25, 0.3) is 11.3 Å². The molecule has 1 aliphatic heterocycles. The molecule has 0 atom stereocenters. The van der Waals surface area contributed by atoms with Crippen LogP contribution in [-0.4, -0.2) is 42.5 Å². The summed E-state index contributed by atoms with van der Waals surface area (Å²) in [5.41, 5.74) is 5.74. The number of hydrogen-bond acceptors (Lipinski definition) is 4. The molecule has 0 aliphatic carbocycles. The summed E-state index contributed by atoms with van der Waals surface area (Å²) >= 11 is 0. The van der Waals surface area contributed by atoms with E-state index in [0.29, 0.717) is 28.9 Å². The number of carbonyl (C=O) groups is 2. The first-order valence-electron chi connectivity index (χ1n) is 11.5. The van der Waals surface area contributed by atoms with E-state index in [-0.39, 0.29) is 12.3 Å². The van der Waals surface area contributed by atoms with Crippen LogP contribution in [0.4, 0.5) is 15.8 Å². The maximum absolute atomic E-state index is 13.8. The number of benzene rings is 3. The van der Waals surface area contributed by atoms with Gasteiger partial charge in [0, 0.05) is 24.2 Å². The predicted octanol–water partition coefficient (Wildman–Crippen LogP) is 4.88. The summed E-state index contributed by atoms with van der Waals surface area (Å²) in [6, 6.07) is 19.8. The average Bonchev–Trinajstić information content (AvgIpc) is 3.15. The number of carboxylic acids is 1. The summed E-state index contributed by atoms with van der Waals surface area (Å²) in [5, 5.41) is 15.2. The first kappa shape index (κ1) is 24.2. The topological polar surface area (TPSA) is 81.7 Å². The van der Waals surface area contributed by atoms with Crippen LogP contribution < -0.4 is 10.6 Å². The van der Waals surface area contributed by atoms with E-state index in [1.54, 1.807) is 6.07 Å². The highest BCUT2D eigenvalue weighted by molar-refractivity contribution is 6.37. The minimum absolute atomic E-state index is 0.0482. The number of halogens is 1. The van der Waals surface area contributed by atoms with Gasteiger partial charge in [0.1, 0.15) is 5.82 Å². The molecule has 1 aliphatic rings. The number of hydrogen-bond donors (Lipinski definition) is 3. The maximum Gasteiger partial charge on any atom is 0.303 e. The monoisotopic (exact) mass is 473 g/mol. The molecule has 0 saturated heterocycles. The SMILES string of the molecule is CN(C)CCc1cccc(N/C(=C2\C(=O)Nc3cc(F)ccc32)c2ccc(CCC(=O)O)cc2)c1. The fourth-order valence-electron chi connectivity index (χ4n) is 4.06. The number of rotatable bonds is 9. The largest absolute Gasteiger partial charge is 0.481 e. The van der Waals surface area contributed by atoms with Crippen LogP contribution in [0.1, 0.15) is 28.7 Å². The van der Waals surface area contributed by atoms with Crippen molar-refractivity contribution in [2.24, 2.45) is 0 Å². The van der Waals surface area contributed by atoms with Crippen molar-refractivity contribution in [1.82, 2.24) is 4.90 Å². The summed E-state index contributed by atoms with van der Waals surface area (Å²) in [5.74, 6) is -1.58. The van der Waals surface area contributed by atoms with Gasteiger partial charge in [0.25, 0.3) is 5.91 Å². The summed E-state index contributed by atoms with van der Waals surface area (Å²) in [7, 11) is 4.06. The Morgan fingerprint density at radius 1 is 1.00 bits per heavy atom. The zero-order valence-corrected chi connectivity index (χ0v) is 19.8. The summed E-state index contributed by atoms with van der Waals surface area (Å²) < 4.78 is 13.8. The number of aliphatic carboxylic acids is 1. The Bertz CT molecular complexity index is 1280. The molecule has 6 nitrogen and oxygen atoms in total. The molecule has 0 fully saturated rings. The zero-order chi connectivity index (χ0) is 24.9. The van der Waals surface area contributed by atoms with Crippen LogP contribution in [-0.2, 0) is 22.4 Å². The minimum atomic E-state index is -0.848. The molecule has 0 saturated carbocycles. The van der Waals surface area contributed by atoms with Gasteiger partial charge in [-0.2, -0.15) is 0 Å². The number of likely N-dealkylation sites (N-methyl/N-ethyl adjacent to an activating group) is 1. The number of anilines is 2. The van der Waals surface area contributed by atoms with Crippen LogP contribution in [0.3, 0.4) is 0 Å². The third kappa shape index (κ3) is 5.94. The van der Waals surface area contributed by atoms with Gasteiger partial charge in [-0.15, -0.1) is 0 Å². The van der Waals surface area contributed by atoms with Gasteiger partial charge in [-0.3, -0.25) is 9.59 Å². The molecule has 1 amide bonds. The van der Waals surface area contributed by atoms with E-state index in [0.717, 1.165) is 35.3 Å². The van der Waals surface area contributed by atoms with Crippen LogP contribution in [0.5, 0.6) is 0 Å². The van der Waals surface area contributed by atoms with E-state index in [2.05, 4.69) is 27.7 Å². The molecule has 1 heterocycles. The van der Waals surface area contributed by atoms with Crippen molar-refractivity contribution in [3.63, 3.8) is 0 Å². The van der Waals surface area contributed by atoms with Gasteiger partial charge in [0.05, 0.1) is 17.0 Å². The molecule has 0 radical (unpaired) electrons. The van der Waals surface area contributed by atoms with Crippen LogP contribution in [0.15, 0.2) is 66.7 Å². The summed E-state index contributed by atoms with van der Waals surface area (Å²) in [4.78, 5) is 26.1. The quantitative estimate of drug-likeness (QED) is 0.386. The lowest BCUT2D eigenvalue weighted by Crippen LogP contribution is -2.15. The normalized spacial score (nSPS) is 14.0. The molecule has 180 valence electrons. The average molecular weight is 474 g/mol. The summed E-state index contributed by atoms with van der Waals surface area (Å²) in [6.07, 6.45) is 1.35. The number of nitrogens with one attached hydrogen (secondary N) is 2. The second-order valence-corrected chi connectivity index (χ2v) is 8.86. The predicted molar refractivity (Wildman–Crippen MR) is 137 cm³/mol. The van der Waals surface area contributed by atoms with E-state index < -0.39 is 11.8 Å². The van der Waals surface area contributed by atoms with Crippen molar-refractivity contribution in [2.45, 2.75) is 19.3 Å². The van der Waals surface area contributed by atoms with E-state index in [4.69, 9.17) is 5.11 Å². The Balaban J connectivity index is 1.74. The molecule has 0 unspecified atom stereocenters. The van der Waals surface area contributed by atoms with E-state index in [1.807, 2.05) is 50.5 Å².